The number of terminal acetylenes is 2. The largest absolute Gasteiger partial charge is 1.00 e. The number of amides is 2. The Morgan fingerprint density at radius 1 is 0.693 bits per heavy atom. The van der Waals surface area contributed by atoms with E-state index in [2.05, 4.69) is 120 Å². The number of rotatable bonds is 32. The zero-order valence-corrected chi connectivity index (χ0v) is 47.2. The number of nitrogens with one attached hydrogen (secondary N) is 2. The number of benzene rings is 1. The molecular formula is C54H51N7Na2O11S. The van der Waals surface area contributed by atoms with Crippen molar-refractivity contribution in [2.24, 2.45) is 22.1 Å². The van der Waals surface area contributed by atoms with Crippen LogP contribution in [-0.4, -0.2) is 116 Å². The molecule has 1 heterocycles. The Morgan fingerprint density at radius 3 is 1.56 bits per heavy atom. The Labute approximate surface area is 487 Å². The van der Waals surface area contributed by atoms with Gasteiger partial charge in [-0.3, -0.25) is 9.59 Å². The molecule has 0 fully saturated rings. The van der Waals surface area contributed by atoms with Crippen LogP contribution in [0.3, 0.4) is 0 Å². The average molecular weight is 1050 g/mol. The molecule has 0 saturated heterocycles. The van der Waals surface area contributed by atoms with Crippen molar-refractivity contribution in [1.29, 1.82) is 5.26 Å². The number of nitrogens with zero attached hydrogens (tertiary/aromatic N) is 5. The molecule has 0 aliphatic rings. The minimum absolute atomic E-state index is 0. The van der Waals surface area contributed by atoms with Crippen LogP contribution in [0, 0.1) is 139 Å². The molecule has 2 atom stereocenters. The zero-order valence-electron chi connectivity index (χ0n) is 42.4. The number of carbonyl (C=O) groups is 4. The van der Waals surface area contributed by atoms with Crippen molar-refractivity contribution in [3.05, 3.63) is 46.3 Å². The van der Waals surface area contributed by atoms with Crippen LogP contribution in [0.15, 0.2) is 28.4 Å². The number of thiophene rings is 1. The van der Waals surface area contributed by atoms with Crippen molar-refractivity contribution >= 4 is 56.5 Å². The molecule has 18 nitrogen and oxygen atoms in total. The third-order valence-corrected chi connectivity index (χ3v) is 10.4. The van der Waals surface area contributed by atoms with Gasteiger partial charge >= 0.3 is 59.1 Å². The van der Waals surface area contributed by atoms with Crippen LogP contribution in [0.5, 0.6) is 0 Å². The van der Waals surface area contributed by atoms with Gasteiger partial charge in [0.05, 0.1) is 94.5 Å². The van der Waals surface area contributed by atoms with Gasteiger partial charge in [-0.15, -0.1) is 34.4 Å². The van der Waals surface area contributed by atoms with E-state index in [0.29, 0.717) is 119 Å². The maximum absolute atomic E-state index is 12.2. The summed E-state index contributed by atoms with van der Waals surface area (Å²) in [6, 6.07) is 7.80. The van der Waals surface area contributed by atoms with Crippen molar-refractivity contribution in [3.8, 4) is 102 Å². The number of ether oxygens (including phenoxy) is 5. The van der Waals surface area contributed by atoms with Gasteiger partial charge in [0.25, 0.3) is 0 Å². The van der Waals surface area contributed by atoms with Crippen LogP contribution >= 0.6 is 11.3 Å². The maximum Gasteiger partial charge on any atom is 1.00 e. The summed E-state index contributed by atoms with van der Waals surface area (Å²) in [5.74, 6) is 25.5. The standard InChI is InChI=1S/C54H53N7O11S.2Na/c1-6-8-10-12-14-16-20-44(53(64)65)39-49(62)57-24-18-28-68-32-34-70-30-26-61(46-22-23-48(42(3)38-46)59-60-52-47(41-55)43(4)51(56-5)73-52)27-31-71-35-37-72-36-33-69-29-19-25-58-50(63)40-45(54(66)67)21-17-15-13-11-9-7-2;;/h1-2,22-23,38,44-45H,18-19,24-37,39-40H2,3-4H3,(H,57,62)(H,58,63)(H,64,65)(H,66,67);;/q;2*+1/p-2. The number of aliphatic carboxylic acids is 2. The summed E-state index contributed by atoms with van der Waals surface area (Å²) < 4.78 is 28.6. The topological polar surface area (TPSA) is 241 Å². The number of carbonyl (C=O) groups excluding carboxylic acids is 4. The Kier molecular flexibility index (Phi) is 40.0. The number of carboxylic acids is 2. The number of hydrogen-bond donors (Lipinski definition) is 2. The molecule has 0 spiro atoms. The second kappa shape index (κ2) is 43.8. The van der Waals surface area contributed by atoms with E-state index < -0.39 is 42.0 Å². The van der Waals surface area contributed by atoms with Gasteiger partial charge in [0, 0.05) is 57.9 Å². The molecule has 0 bridgehead atoms. The fourth-order valence-electron chi connectivity index (χ4n) is 5.64. The Morgan fingerprint density at radius 2 is 1.13 bits per heavy atom. The Hall–Kier alpha value is -6.54. The molecule has 0 saturated carbocycles. The van der Waals surface area contributed by atoms with Gasteiger partial charge in [0.1, 0.15) is 11.1 Å². The van der Waals surface area contributed by atoms with Crippen molar-refractivity contribution in [2.45, 2.75) is 39.5 Å². The molecule has 2 unspecified atom stereocenters. The summed E-state index contributed by atoms with van der Waals surface area (Å²) in [6.45, 7) is 15.8. The monoisotopic (exact) mass is 1050 g/mol. The van der Waals surface area contributed by atoms with Crippen molar-refractivity contribution in [3.63, 3.8) is 0 Å². The average Bonchev–Trinajstić information content (AvgIpc) is 3.69. The maximum atomic E-state index is 12.2. The molecule has 2 rings (SSSR count). The predicted molar refractivity (Wildman–Crippen MR) is 267 cm³/mol. The molecular weight excluding hydrogens is 1000 g/mol. The fourth-order valence-corrected chi connectivity index (χ4v) is 6.50. The van der Waals surface area contributed by atoms with E-state index in [4.69, 9.17) is 43.1 Å². The number of azo groups is 1. The molecule has 2 amide bonds. The molecule has 75 heavy (non-hydrogen) atoms. The second-order valence-corrected chi connectivity index (χ2v) is 15.5. The summed E-state index contributed by atoms with van der Waals surface area (Å²) in [6.07, 6.45) is 10.2. The quantitative estimate of drug-likeness (QED) is 0.0233. The van der Waals surface area contributed by atoms with E-state index in [-0.39, 0.29) is 78.6 Å². The molecule has 0 aliphatic heterocycles. The Bertz CT molecular complexity index is 2810. The first-order chi connectivity index (χ1) is 35.4. The van der Waals surface area contributed by atoms with Crippen LogP contribution in [0.25, 0.3) is 4.85 Å². The molecule has 376 valence electrons. The van der Waals surface area contributed by atoms with E-state index in [0.717, 1.165) is 22.6 Å². The summed E-state index contributed by atoms with van der Waals surface area (Å²) >= 11 is 1.12. The fraction of sp³-hybridized carbons (Fsp3) is 0.407. The minimum atomic E-state index is -1.49. The van der Waals surface area contributed by atoms with Crippen LogP contribution in [0.1, 0.15) is 42.4 Å². The first kappa shape index (κ1) is 68.5. The van der Waals surface area contributed by atoms with Gasteiger partial charge < -0.3 is 59.0 Å². The molecule has 1 aromatic carbocycles. The summed E-state index contributed by atoms with van der Waals surface area (Å²) in [5, 5.41) is 47.0. The first-order valence-electron chi connectivity index (χ1n) is 22.4. The smallest absolute Gasteiger partial charge is 0.549 e. The second-order valence-electron chi connectivity index (χ2n) is 14.5. The van der Waals surface area contributed by atoms with Gasteiger partial charge in [0.15, 0.2) is 0 Å². The van der Waals surface area contributed by atoms with E-state index >= 15 is 0 Å². The summed E-state index contributed by atoms with van der Waals surface area (Å²) in [4.78, 5) is 52.6. The van der Waals surface area contributed by atoms with Crippen LogP contribution in [-0.2, 0) is 42.9 Å². The van der Waals surface area contributed by atoms with Gasteiger partial charge in [-0.25, -0.2) is 4.85 Å². The van der Waals surface area contributed by atoms with E-state index in [9.17, 15) is 34.7 Å². The normalized spacial score (nSPS) is 10.2. The van der Waals surface area contributed by atoms with E-state index in [1.165, 1.54) is 0 Å². The molecule has 2 aromatic rings. The van der Waals surface area contributed by atoms with Gasteiger partial charge in [-0.05, 0) is 127 Å². The number of anilines is 1. The predicted octanol–water partition coefficient (Wildman–Crippen LogP) is -4.09. The third-order valence-electron chi connectivity index (χ3n) is 9.30. The zero-order chi connectivity index (χ0) is 53.3. The van der Waals surface area contributed by atoms with Gasteiger partial charge in [-0.2, -0.15) is 5.26 Å². The van der Waals surface area contributed by atoms with Crippen LogP contribution in [0.4, 0.5) is 21.4 Å². The summed E-state index contributed by atoms with van der Waals surface area (Å²) in [7, 11) is 0. The number of nitriles is 1. The summed E-state index contributed by atoms with van der Waals surface area (Å²) in [5.41, 5.74) is 3.22. The minimum Gasteiger partial charge on any atom is -0.549 e. The van der Waals surface area contributed by atoms with Crippen LogP contribution in [0.2, 0.25) is 0 Å². The number of aryl methyl sites for hydroxylation is 1. The molecule has 2 N–H and O–H groups in total. The molecule has 1 aromatic heterocycles. The van der Waals surface area contributed by atoms with Crippen molar-refractivity contribution < 1.29 is 112 Å². The molecule has 0 aliphatic carbocycles. The SMILES string of the molecule is [C-]#[N+]c1sc(N=Nc2ccc(N(CCOCCOCCCNC(=O)CC(C#CC#CC#CC#C)C(=O)[O-])CCOCCOCCOCCCNC(=O)CC(C#CC#CC#CC#C)C(=O)[O-])cc2C)c(C#N)c1C.[Na+].[Na+]. The van der Waals surface area contributed by atoms with Crippen LogP contribution < -0.4 is 84.9 Å². The van der Waals surface area contributed by atoms with Crippen molar-refractivity contribution in [2.75, 3.05) is 97.1 Å². The van der Waals surface area contributed by atoms with Gasteiger partial charge in [0.2, 0.25) is 16.8 Å². The Balaban J connectivity index is 0.0000274. The van der Waals surface area contributed by atoms with E-state index in [1.807, 2.05) is 25.1 Å². The third kappa shape index (κ3) is 31.1. The van der Waals surface area contributed by atoms with E-state index in [1.54, 1.807) is 6.92 Å². The van der Waals surface area contributed by atoms with Gasteiger partial charge in [-0.1, -0.05) is 11.8 Å². The number of hydrogen-bond acceptors (Lipinski definition) is 16. The first-order valence-corrected chi connectivity index (χ1v) is 23.2. The number of carboxylic acid groups (broad SMARTS) is 2. The molecule has 21 heteroatoms. The molecule has 0 radical (unpaired) electrons. The van der Waals surface area contributed by atoms with Crippen molar-refractivity contribution in [1.82, 2.24) is 10.6 Å².